The van der Waals surface area contributed by atoms with Crippen molar-refractivity contribution < 1.29 is 14.7 Å². The van der Waals surface area contributed by atoms with Gasteiger partial charge in [0.2, 0.25) is 11.8 Å². The van der Waals surface area contributed by atoms with Gasteiger partial charge in [-0.3, -0.25) is 9.59 Å². The molecule has 144 valence electrons. The molecule has 3 rings (SSSR count). The number of carbonyl (C=O) groups excluding carboxylic acids is 2. The van der Waals surface area contributed by atoms with Gasteiger partial charge in [-0.1, -0.05) is 23.7 Å². The van der Waals surface area contributed by atoms with E-state index in [4.69, 9.17) is 11.6 Å². The zero-order valence-electron chi connectivity index (χ0n) is 15.0. The average molecular weight is 401 g/mol. The number of hydrogen-bond acceptors (Lipinski definition) is 7. The first-order valence-corrected chi connectivity index (χ1v) is 8.39. The number of hydrogen-bond donors (Lipinski definition) is 3. The van der Waals surface area contributed by atoms with Gasteiger partial charge in [0.15, 0.2) is 16.8 Å². The molecule has 0 saturated heterocycles. The lowest BCUT2D eigenvalue weighted by atomic mass is 10.1. The van der Waals surface area contributed by atoms with E-state index in [9.17, 15) is 14.7 Å². The summed E-state index contributed by atoms with van der Waals surface area (Å²) in [7, 11) is 0. The maximum atomic E-state index is 10.8. The highest BCUT2D eigenvalue weighted by Crippen LogP contribution is 2.26. The standard InChI is InChI=1S/C12H11N3O2.C6H6ClN3O/c1-8(16)13-12-7-6-10(14-15-12)9-4-2-3-5-11(9)17;1-4(11)8-6-3-2-5(7)9-10-6/h2-7,17H,1H3,(H,13,15,16);2-3H,1H3,(H,8,10,11). The van der Waals surface area contributed by atoms with Gasteiger partial charge in [0, 0.05) is 19.4 Å². The molecule has 28 heavy (non-hydrogen) atoms. The number of aromatic hydroxyl groups is 1. The molecule has 0 fully saturated rings. The molecule has 0 aliphatic carbocycles. The van der Waals surface area contributed by atoms with Crippen LogP contribution in [-0.4, -0.2) is 37.3 Å². The highest BCUT2D eigenvalue weighted by Gasteiger charge is 2.05. The fourth-order valence-electron chi connectivity index (χ4n) is 1.98. The Balaban J connectivity index is 0.000000221. The Morgan fingerprint density at radius 3 is 1.86 bits per heavy atom. The Labute approximate surface area is 165 Å². The van der Waals surface area contributed by atoms with Crippen LogP contribution in [-0.2, 0) is 9.59 Å². The lowest BCUT2D eigenvalue weighted by Crippen LogP contribution is -2.08. The minimum atomic E-state index is -0.199. The fourth-order valence-corrected chi connectivity index (χ4v) is 2.08. The quantitative estimate of drug-likeness (QED) is 0.616. The molecule has 0 spiro atoms. The Hall–Kier alpha value is -3.59. The van der Waals surface area contributed by atoms with Crippen molar-refractivity contribution in [1.29, 1.82) is 0 Å². The summed E-state index contributed by atoms with van der Waals surface area (Å²) in [4.78, 5) is 21.3. The highest BCUT2D eigenvalue weighted by atomic mass is 35.5. The maximum absolute atomic E-state index is 10.8. The fraction of sp³-hybridized carbons (Fsp3) is 0.111. The van der Waals surface area contributed by atoms with E-state index in [1.165, 1.54) is 13.8 Å². The number of aromatic nitrogens is 4. The summed E-state index contributed by atoms with van der Waals surface area (Å²) in [6.07, 6.45) is 0. The minimum absolute atomic E-state index is 0.147. The number of amides is 2. The second-order valence-electron chi connectivity index (χ2n) is 5.42. The summed E-state index contributed by atoms with van der Waals surface area (Å²) < 4.78 is 0. The molecular weight excluding hydrogens is 384 g/mol. The van der Waals surface area contributed by atoms with Crippen LogP contribution in [0.25, 0.3) is 11.3 Å². The SMILES string of the molecule is CC(=O)Nc1ccc(-c2ccccc2O)nn1.CC(=O)Nc1ccc(Cl)nn1. The number of nitrogens with zero attached hydrogens (tertiary/aromatic N) is 4. The summed E-state index contributed by atoms with van der Waals surface area (Å²) in [5.41, 5.74) is 1.16. The van der Waals surface area contributed by atoms with Crippen molar-refractivity contribution in [2.45, 2.75) is 13.8 Å². The summed E-state index contributed by atoms with van der Waals surface area (Å²) >= 11 is 5.46. The second-order valence-corrected chi connectivity index (χ2v) is 5.81. The zero-order valence-corrected chi connectivity index (χ0v) is 15.8. The Kier molecular flexibility index (Phi) is 7.35. The van der Waals surface area contributed by atoms with Crippen LogP contribution in [0.5, 0.6) is 5.75 Å². The molecule has 3 aromatic rings. The van der Waals surface area contributed by atoms with Crippen LogP contribution in [0.15, 0.2) is 48.5 Å². The maximum Gasteiger partial charge on any atom is 0.222 e. The van der Waals surface area contributed by atoms with Crippen LogP contribution in [0.3, 0.4) is 0 Å². The molecule has 0 unspecified atom stereocenters. The van der Waals surface area contributed by atoms with Gasteiger partial charge in [-0.25, -0.2) is 0 Å². The number of phenols is 1. The number of benzene rings is 1. The van der Waals surface area contributed by atoms with Crippen LogP contribution >= 0.6 is 11.6 Å². The third-order valence-electron chi connectivity index (χ3n) is 3.08. The molecule has 0 bridgehead atoms. The number of rotatable bonds is 3. The van der Waals surface area contributed by atoms with Crippen LogP contribution in [0, 0.1) is 0 Å². The van der Waals surface area contributed by atoms with Gasteiger partial charge in [-0.2, -0.15) is 0 Å². The lowest BCUT2D eigenvalue weighted by Gasteiger charge is -2.04. The van der Waals surface area contributed by atoms with Gasteiger partial charge in [-0.15, -0.1) is 20.4 Å². The summed E-state index contributed by atoms with van der Waals surface area (Å²) in [6, 6.07) is 13.3. The van der Waals surface area contributed by atoms with Crippen molar-refractivity contribution >= 4 is 35.1 Å². The highest BCUT2D eigenvalue weighted by molar-refractivity contribution is 6.29. The molecule has 10 heteroatoms. The van der Waals surface area contributed by atoms with Crippen molar-refractivity contribution in [3.05, 3.63) is 53.7 Å². The first-order valence-electron chi connectivity index (χ1n) is 8.01. The number of halogens is 1. The predicted molar refractivity (Wildman–Crippen MR) is 105 cm³/mol. The van der Waals surface area contributed by atoms with E-state index in [2.05, 4.69) is 31.0 Å². The minimum Gasteiger partial charge on any atom is -0.507 e. The van der Waals surface area contributed by atoms with E-state index in [1.807, 2.05) is 0 Å². The molecule has 0 atom stereocenters. The molecule has 0 aliphatic heterocycles. The van der Waals surface area contributed by atoms with Crippen molar-refractivity contribution in [3.63, 3.8) is 0 Å². The Bertz CT molecular complexity index is 948. The zero-order chi connectivity index (χ0) is 20.5. The third kappa shape index (κ3) is 6.61. The molecule has 3 N–H and O–H groups in total. The van der Waals surface area contributed by atoms with Gasteiger partial charge in [0.1, 0.15) is 5.75 Å². The first kappa shape index (κ1) is 20.7. The van der Waals surface area contributed by atoms with E-state index in [1.54, 1.807) is 48.5 Å². The molecule has 0 saturated carbocycles. The smallest absolute Gasteiger partial charge is 0.222 e. The van der Waals surface area contributed by atoms with Gasteiger partial charge in [-0.05, 0) is 36.4 Å². The van der Waals surface area contributed by atoms with Crippen LogP contribution in [0.1, 0.15) is 13.8 Å². The van der Waals surface area contributed by atoms with Crippen molar-refractivity contribution in [3.8, 4) is 17.0 Å². The molecule has 9 nitrogen and oxygen atoms in total. The van der Waals surface area contributed by atoms with Crippen molar-refractivity contribution in [2.24, 2.45) is 0 Å². The number of para-hydroxylation sites is 1. The first-order chi connectivity index (χ1) is 13.3. The second kappa shape index (κ2) is 9.93. The Morgan fingerprint density at radius 1 is 0.821 bits per heavy atom. The largest absolute Gasteiger partial charge is 0.507 e. The van der Waals surface area contributed by atoms with Crippen molar-refractivity contribution in [1.82, 2.24) is 20.4 Å². The topological polar surface area (TPSA) is 130 Å². The summed E-state index contributed by atoms with van der Waals surface area (Å²) in [6.45, 7) is 2.80. The van der Waals surface area contributed by atoms with Gasteiger partial charge < -0.3 is 15.7 Å². The van der Waals surface area contributed by atoms with Crippen LogP contribution < -0.4 is 10.6 Å². The molecule has 2 amide bonds. The number of nitrogens with one attached hydrogen (secondary N) is 2. The van der Waals surface area contributed by atoms with Crippen LogP contribution in [0.2, 0.25) is 5.15 Å². The molecule has 1 aromatic carbocycles. The number of carbonyl (C=O) groups is 2. The third-order valence-corrected chi connectivity index (χ3v) is 3.29. The number of phenolic OH excluding ortho intramolecular Hbond substituents is 1. The lowest BCUT2D eigenvalue weighted by molar-refractivity contribution is -0.115. The summed E-state index contributed by atoms with van der Waals surface area (Å²) in [5, 5.41) is 29.8. The number of anilines is 2. The van der Waals surface area contributed by atoms with Gasteiger partial charge in [0.25, 0.3) is 0 Å². The van der Waals surface area contributed by atoms with E-state index in [0.29, 0.717) is 28.0 Å². The molecule has 2 aromatic heterocycles. The summed E-state index contributed by atoms with van der Waals surface area (Å²) in [5.74, 6) is 0.559. The van der Waals surface area contributed by atoms with E-state index in [0.717, 1.165) is 0 Å². The van der Waals surface area contributed by atoms with Crippen LogP contribution in [0.4, 0.5) is 11.6 Å². The average Bonchev–Trinajstić information content (AvgIpc) is 2.65. The normalized spacial score (nSPS) is 9.68. The van der Waals surface area contributed by atoms with E-state index >= 15 is 0 Å². The van der Waals surface area contributed by atoms with Gasteiger partial charge >= 0.3 is 0 Å². The van der Waals surface area contributed by atoms with E-state index < -0.39 is 0 Å². The molecule has 2 heterocycles. The van der Waals surface area contributed by atoms with Gasteiger partial charge in [0.05, 0.1) is 5.69 Å². The van der Waals surface area contributed by atoms with Crippen molar-refractivity contribution in [2.75, 3.05) is 10.6 Å². The monoisotopic (exact) mass is 400 g/mol. The predicted octanol–water partition coefficient (Wildman–Crippen LogP) is 2.90. The molecule has 0 radical (unpaired) electrons. The van der Waals surface area contributed by atoms with E-state index in [-0.39, 0.29) is 17.6 Å². The molecule has 0 aliphatic rings. The Morgan fingerprint density at radius 2 is 1.39 bits per heavy atom. The molecular formula is C18H17ClN6O3.